The van der Waals surface area contributed by atoms with Gasteiger partial charge in [0.05, 0.1) is 11.5 Å². The summed E-state index contributed by atoms with van der Waals surface area (Å²) < 4.78 is 33.2. The molecule has 0 atom stereocenters. The Labute approximate surface area is 108 Å². The Morgan fingerprint density at radius 2 is 1.72 bits per heavy atom. The lowest BCUT2D eigenvalue weighted by Gasteiger charge is -2.12. The molecule has 0 aliphatic carbocycles. The van der Waals surface area contributed by atoms with Crippen LogP contribution in [0.4, 0.5) is 0 Å². The third kappa shape index (κ3) is 3.97. The van der Waals surface area contributed by atoms with E-state index < -0.39 is 10.0 Å². The second-order valence-electron chi connectivity index (χ2n) is 4.13. The molecule has 0 amide bonds. The minimum absolute atomic E-state index is 0.173. The Bertz CT molecular complexity index is 488. The smallest absolute Gasteiger partial charge is 0.238 e. The van der Waals surface area contributed by atoms with Gasteiger partial charge in [0.15, 0.2) is 0 Å². The van der Waals surface area contributed by atoms with Gasteiger partial charge in [-0.3, -0.25) is 0 Å². The van der Waals surface area contributed by atoms with E-state index in [-0.39, 0.29) is 4.90 Å². The number of methoxy groups -OCH3 is 1. The molecule has 5 nitrogen and oxygen atoms in total. The quantitative estimate of drug-likeness (QED) is 0.794. The minimum Gasteiger partial charge on any atom is -0.493 e. The highest BCUT2D eigenvalue weighted by molar-refractivity contribution is 7.89. The summed E-state index contributed by atoms with van der Waals surface area (Å²) in [6.07, 6.45) is 0.783. The van der Waals surface area contributed by atoms with Crippen LogP contribution < -0.4 is 9.88 Å². The zero-order valence-electron chi connectivity index (χ0n) is 10.9. The van der Waals surface area contributed by atoms with Crippen molar-refractivity contribution in [3.63, 3.8) is 0 Å². The topological polar surface area (TPSA) is 78.6 Å². The molecular formula is C12H19NO4S. The normalized spacial score (nSPS) is 11.6. The number of hydrogen-bond donors (Lipinski definition) is 1. The zero-order valence-corrected chi connectivity index (χ0v) is 11.7. The molecule has 0 unspecified atom stereocenters. The summed E-state index contributed by atoms with van der Waals surface area (Å²) in [7, 11) is -2.05. The predicted octanol–water partition coefficient (Wildman–Crippen LogP) is 1.37. The first kappa shape index (κ1) is 14.9. The third-order valence-corrected chi connectivity index (χ3v) is 3.69. The number of sulfonamides is 1. The number of hydrogen-bond acceptors (Lipinski definition) is 4. The molecule has 6 heteroatoms. The lowest BCUT2D eigenvalue weighted by Crippen LogP contribution is -2.15. The fraction of sp³-hybridized carbons (Fsp3) is 0.500. The summed E-state index contributed by atoms with van der Waals surface area (Å²) in [6.45, 7) is 4.57. The van der Waals surface area contributed by atoms with Gasteiger partial charge in [0.2, 0.25) is 10.0 Å². The molecule has 1 rings (SSSR count). The number of benzene rings is 1. The van der Waals surface area contributed by atoms with Crippen molar-refractivity contribution < 1.29 is 17.9 Å². The first-order valence-corrected chi connectivity index (χ1v) is 7.16. The van der Waals surface area contributed by atoms with Gasteiger partial charge in [0.25, 0.3) is 0 Å². The molecule has 0 aliphatic heterocycles. The SMILES string of the molecule is COCCCOc1cc(C)c(S(N)(=O)=O)c(C)c1. The maximum absolute atomic E-state index is 11.4. The van der Waals surface area contributed by atoms with E-state index >= 15 is 0 Å². The number of nitrogens with two attached hydrogens (primary N) is 1. The van der Waals surface area contributed by atoms with E-state index in [2.05, 4.69) is 0 Å². The second-order valence-corrected chi connectivity index (χ2v) is 5.62. The van der Waals surface area contributed by atoms with Crippen LogP contribution in [0.3, 0.4) is 0 Å². The Morgan fingerprint density at radius 3 is 2.17 bits per heavy atom. The van der Waals surface area contributed by atoms with E-state index in [0.29, 0.717) is 30.1 Å². The Kier molecular flexibility index (Phi) is 5.13. The molecule has 0 aromatic heterocycles. The maximum Gasteiger partial charge on any atom is 0.238 e. The van der Waals surface area contributed by atoms with Gasteiger partial charge in [0.1, 0.15) is 5.75 Å². The van der Waals surface area contributed by atoms with Crippen LogP contribution in [-0.2, 0) is 14.8 Å². The van der Waals surface area contributed by atoms with E-state index in [1.54, 1.807) is 33.1 Å². The van der Waals surface area contributed by atoms with Gasteiger partial charge < -0.3 is 9.47 Å². The molecular weight excluding hydrogens is 254 g/mol. The Hall–Kier alpha value is -1.11. The van der Waals surface area contributed by atoms with Crippen molar-refractivity contribution in [3.8, 4) is 5.75 Å². The monoisotopic (exact) mass is 273 g/mol. The van der Waals surface area contributed by atoms with Crippen molar-refractivity contribution in [3.05, 3.63) is 23.3 Å². The highest BCUT2D eigenvalue weighted by atomic mass is 32.2. The first-order valence-electron chi connectivity index (χ1n) is 5.62. The lowest BCUT2D eigenvalue weighted by molar-refractivity contribution is 0.172. The van der Waals surface area contributed by atoms with Gasteiger partial charge in [-0.05, 0) is 37.1 Å². The molecule has 0 saturated carbocycles. The zero-order chi connectivity index (χ0) is 13.8. The van der Waals surface area contributed by atoms with Crippen molar-refractivity contribution in [2.24, 2.45) is 5.14 Å². The van der Waals surface area contributed by atoms with Crippen LogP contribution in [0.5, 0.6) is 5.75 Å². The summed E-state index contributed by atoms with van der Waals surface area (Å²) in [5, 5.41) is 5.16. The number of rotatable bonds is 6. The van der Waals surface area contributed by atoms with E-state index in [1.165, 1.54) is 0 Å². The van der Waals surface area contributed by atoms with Crippen LogP contribution in [0.1, 0.15) is 17.5 Å². The second kappa shape index (κ2) is 6.17. The summed E-state index contributed by atoms with van der Waals surface area (Å²) in [4.78, 5) is 0.173. The van der Waals surface area contributed by atoms with Crippen LogP contribution >= 0.6 is 0 Å². The highest BCUT2D eigenvalue weighted by Crippen LogP contribution is 2.24. The fourth-order valence-corrected chi connectivity index (χ4v) is 2.85. The number of aryl methyl sites for hydroxylation is 2. The van der Waals surface area contributed by atoms with Crippen molar-refractivity contribution in [1.29, 1.82) is 0 Å². The maximum atomic E-state index is 11.4. The summed E-state index contributed by atoms with van der Waals surface area (Å²) in [6, 6.07) is 3.36. The molecule has 1 aromatic rings. The van der Waals surface area contributed by atoms with Gasteiger partial charge in [0, 0.05) is 20.1 Å². The molecule has 0 radical (unpaired) electrons. The van der Waals surface area contributed by atoms with Crippen LogP contribution in [0.2, 0.25) is 0 Å². The molecule has 0 fully saturated rings. The molecule has 0 aliphatic rings. The van der Waals surface area contributed by atoms with Crippen molar-refractivity contribution in [2.75, 3.05) is 20.3 Å². The van der Waals surface area contributed by atoms with E-state index in [1.807, 2.05) is 0 Å². The molecule has 0 bridgehead atoms. The van der Waals surface area contributed by atoms with Crippen LogP contribution in [0.15, 0.2) is 17.0 Å². The summed E-state index contributed by atoms with van der Waals surface area (Å²) >= 11 is 0. The highest BCUT2D eigenvalue weighted by Gasteiger charge is 2.15. The summed E-state index contributed by atoms with van der Waals surface area (Å²) in [5.74, 6) is 0.647. The summed E-state index contributed by atoms with van der Waals surface area (Å²) in [5.41, 5.74) is 1.19. The average molecular weight is 273 g/mol. The molecule has 0 heterocycles. The van der Waals surface area contributed by atoms with Gasteiger partial charge in [-0.2, -0.15) is 0 Å². The van der Waals surface area contributed by atoms with Crippen molar-refractivity contribution in [1.82, 2.24) is 0 Å². The van der Waals surface area contributed by atoms with Gasteiger partial charge >= 0.3 is 0 Å². The van der Waals surface area contributed by atoms with Crippen molar-refractivity contribution in [2.45, 2.75) is 25.2 Å². The minimum atomic E-state index is -3.69. The van der Waals surface area contributed by atoms with E-state index in [0.717, 1.165) is 6.42 Å². The average Bonchev–Trinajstić information content (AvgIpc) is 2.21. The van der Waals surface area contributed by atoms with Crippen molar-refractivity contribution >= 4 is 10.0 Å². The van der Waals surface area contributed by atoms with Crippen LogP contribution in [0, 0.1) is 13.8 Å². The molecule has 102 valence electrons. The van der Waals surface area contributed by atoms with Gasteiger partial charge in [-0.1, -0.05) is 0 Å². The molecule has 0 spiro atoms. The van der Waals surface area contributed by atoms with Crippen LogP contribution in [0.25, 0.3) is 0 Å². The number of ether oxygens (including phenoxy) is 2. The largest absolute Gasteiger partial charge is 0.493 e. The molecule has 18 heavy (non-hydrogen) atoms. The van der Waals surface area contributed by atoms with Gasteiger partial charge in [-0.25, -0.2) is 13.6 Å². The number of primary sulfonamides is 1. The Balaban J connectivity index is 2.87. The van der Waals surface area contributed by atoms with Gasteiger partial charge in [-0.15, -0.1) is 0 Å². The molecule has 0 saturated heterocycles. The third-order valence-electron chi connectivity index (χ3n) is 2.48. The molecule has 1 aromatic carbocycles. The predicted molar refractivity (Wildman–Crippen MR) is 69.3 cm³/mol. The Morgan fingerprint density at radius 1 is 1.17 bits per heavy atom. The van der Waals surface area contributed by atoms with E-state index in [4.69, 9.17) is 14.6 Å². The van der Waals surface area contributed by atoms with E-state index in [9.17, 15) is 8.42 Å². The standard InChI is InChI=1S/C12H19NO4S/c1-9-7-11(17-6-4-5-16-3)8-10(2)12(9)18(13,14)15/h7-8H,4-6H2,1-3H3,(H2,13,14,15). The molecule has 2 N–H and O–H groups in total. The van der Waals surface area contributed by atoms with Crippen LogP contribution in [-0.4, -0.2) is 28.7 Å². The fourth-order valence-electron chi connectivity index (χ4n) is 1.84. The lowest BCUT2D eigenvalue weighted by atomic mass is 10.1. The first-order chi connectivity index (χ1) is 8.36.